The molecule has 0 amide bonds. The van der Waals surface area contributed by atoms with Crippen molar-refractivity contribution >= 4 is 7.98 Å². The lowest BCUT2D eigenvalue weighted by Gasteiger charge is -2.33. The lowest BCUT2D eigenvalue weighted by molar-refractivity contribution is -0.0289. The molecule has 0 bridgehead atoms. The van der Waals surface area contributed by atoms with E-state index in [0.717, 1.165) is 32.8 Å². The highest BCUT2D eigenvalue weighted by atomic mass is 16.5. The highest BCUT2D eigenvalue weighted by Gasteiger charge is 2.19. The summed E-state index contributed by atoms with van der Waals surface area (Å²) in [6.45, 7) is 4.45. The van der Waals surface area contributed by atoms with E-state index in [2.05, 4.69) is 30.7 Å². The third-order valence-electron chi connectivity index (χ3n) is 2.11. The van der Waals surface area contributed by atoms with Gasteiger partial charge in [-0.3, -0.25) is 4.90 Å². The normalized spacial score (nSPS) is 24.5. The Balaban J connectivity index is 2.29. The van der Waals surface area contributed by atoms with Crippen LogP contribution in [0.2, 0.25) is 0 Å². The van der Waals surface area contributed by atoms with Gasteiger partial charge in [-0.05, 0) is 7.05 Å². The highest BCUT2D eigenvalue weighted by molar-refractivity contribution is 6.04. The van der Waals surface area contributed by atoms with Gasteiger partial charge in [0.1, 0.15) is 0 Å². The van der Waals surface area contributed by atoms with Crippen molar-refractivity contribution in [3.05, 3.63) is 0 Å². The fourth-order valence-corrected chi connectivity index (χ4v) is 1.57. The molecule has 0 N–H and O–H groups in total. The van der Waals surface area contributed by atoms with E-state index in [0.29, 0.717) is 6.10 Å². The highest BCUT2D eigenvalue weighted by Crippen LogP contribution is 2.04. The Morgan fingerprint density at radius 1 is 1.77 bits per heavy atom. The van der Waals surface area contributed by atoms with Gasteiger partial charge in [0.25, 0.3) is 0 Å². The zero-order chi connectivity index (χ0) is 9.68. The van der Waals surface area contributed by atoms with Crippen molar-refractivity contribution in [2.45, 2.75) is 6.10 Å². The molecule has 0 saturated carbocycles. The predicted molar refractivity (Wildman–Crippen MR) is 56.2 cm³/mol. The summed E-state index contributed by atoms with van der Waals surface area (Å²) < 4.78 is 5.61. The van der Waals surface area contributed by atoms with Crippen LogP contribution in [0, 0.1) is 12.3 Å². The van der Waals surface area contributed by atoms with Gasteiger partial charge in [0.2, 0.25) is 0 Å². The Bertz CT molecular complexity index is 191. The van der Waals surface area contributed by atoms with E-state index >= 15 is 0 Å². The molecular formula is C9H17BN2O. The summed E-state index contributed by atoms with van der Waals surface area (Å²) in [5.41, 5.74) is 0. The molecule has 0 aliphatic carbocycles. The van der Waals surface area contributed by atoms with Crippen LogP contribution in [0.3, 0.4) is 0 Å². The van der Waals surface area contributed by atoms with Crippen molar-refractivity contribution in [2.75, 3.05) is 39.8 Å². The average molecular weight is 180 g/mol. The van der Waals surface area contributed by atoms with Gasteiger partial charge in [-0.25, -0.2) is 0 Å². The Kier molecular flexibility index (Phi) is 4.30. The zero-order valence-electron chi connectivity index (χ0n) is 8.49. The fraction of sp³-hybridized carbons (Fsp3) is 0.778. The molecule has 1 saturated heterocycles. The second-order valence-electron chi connectivity index (χ2n) is 3.69. The molecule has 0 spiro atoms. The van der Waals surface area contributed by atoms with Crippen molar-refractivity contribution in [1.82, 2.24) is 9.71 Å². The van der Waals surface area contributed by atoms with Gasteiger partial charge in [-0.2, -0.15) is 0 Å². The fourth-order valence-electron chi connectivity index (χ4n) is 1.57. The molecule has 13 heavy (non-hydrogen) atoms. The third-order valence-corrected chi connectivity index (χ3v) is 2.11. The van der Waals surface area contributed by atoms with E-state index in [4.69, 9.17) is 11.2 Å². The van der Waals surface area contributed by atoms with Crippen LogP contribution in [-0.4, -0.2) is 63.6 Å². The monoisotopic (exact) mass is 180 g/mol. The summed E-state index contributed by atoms with van der Waals surface area (Å²) in [5, 5.41) is 0. The summed E-state index contributed by atoms with van der Waals surface area (Å²) in [6.07, 6.45) is 5.58. The predicted octanol–water partition coefficient (Wildman–Crippen LogP) is -1.20. The molecule has 72 valence electrons. The van der Waals surface area contributed by atoms with E-state index in [1.54, 1.807) is 0 Å². The zero-order valence-corrected chi connectivity index (χ0v) is 8.49. The molecule has 4 heteroatoms. The van der Waals surface area contributed by atoms with Gasteiger partial charge in [0, 0.05) is 19.6 Å². The first-order valence-corrected chi connectivity index (χ1v) is 4.64. The molecule has 1 aliphatic heterocycles. The van der Waals surface area contributed by atoms with Crippen molar-refractivity contribution in [2.24, 2.45) is 0 Å². The third kappa shape index (κ3) is 3.82. The first-order chi connectivity index (χ1) is 6.22. The molecule has 1 atom stereocenters. The van der Waals surface area contributed by atoms with Crippen molar-refractivity contribution < 1.29 is 4.74 Å². The average Bonchev–Trinajstić information content (AvgIpc) is 2.04. The number of rotatable bonds is 3. The number of terminal acetylenes is 1. The Morgan fingerprint density at radius 3 is 3.15 bits per heavy atom. The second-order valence-corrected chi connectivity index (χ2v) is 3.69. The molecule has 0 aromatic rings. The number of ether oxygens (including phenoxy) is 1. The quantitative estimate of drug-likeness (QED) is 0.401. The Labute approximate surface area is 81.5 Å². The number of hydrogen-bond acceptors (Lipinski definition) is 3. The topological polar surface area (TPSA) is 15.7 Å². The molecule has 0 aromatic carbocycles. The molecule has 0 radical (unpaired) electrons. The molecule has 1 rings (SSSR count). The van der Waals surface area contributed by atoms with E-state index in [9.17, 15) is 0 Å². The van der Waals surface area contributed by atoms with Crippen molar-refractivity contribution in [1.29, 1.82) is 0 Å². The summed E-state index contributed by atoms with van der Waals surface area (Å²) >= 11 is 0. The standard InChI is InChI=1S/C9H17BN2O/c1-3-4-12-5-6-13-9(8-12)7-11(2)10/h1,9H,4-8,10H2,2H3. The van der Waals surface area contributed by atoms with Crippen molar-refractivity contribution in [3.63, 3.8) is 0 Å². The van der Waals surface area contributed by atoms with Gasteiger partial charge in [0.15, 0.2) is 7.98 Å². The molecule has 1 unspecified atom stereocenters. The largest absolute Gasteiger partial charge is 0.374 e. The maximum atomic E-state index is 5.61. The van der Waals surface area contributed by atoms with Gasteiger partial charge < -0.3 is 9.55 Å². The minimum atomic E-state index is 0.317. The SMILES string of the molecule is BN(C)CC1CN(CC#C)CCO1. The number of likely N-dealkylation sites (N-methyl/N-ethyl adjacent to an activating group) is 1. The van der Waals surface area contributed by atoms with E-state index in [-0.39, 0.29) is 0 Å². The number of hydrogen-bond donors (Lipinski definition) is 0. The minimum Gasteiger partial charge on any atom is -0.374 e. The van der Waals surface area contributed by atoms with Crippen molar-refractivity contribution in [3.8, 4) is 12.3 Å². The minimum absolute atomic E-state index is 0.317. The molecule has 0 aromatic heterocycles. The van der Waals surface area contributed by atoms with Crippen LogP contribution in [0.1, 0.15) is 0 Å². The maximum Gasteiger partial charge on any atom is 0.185 e. The first kappa shape index (κ1) is 10.6. The van der Waals surface area contributed by atoms with Crippen LogP contribution in [0.4, 0.5) is 0 Å². The lowest BCUT2D eigenvalue weighted by atomic mass is 10.2. The summed E-state index contributed by atoms with van der Waals surface area (Å²) in [6, 6.07) is 0. The van der Waals surface area contributed by atoms with E-state index < -0.39 is 0 Å². The van der Waals surface area contributed by atoms with Gasteiger partial charge in [0.05, 0.1) is 19.3 Å². The van der Waals surface area contributed by atoms with Crippen LogP contribution in [0.5, 0.6) is 0 Å². The Hall–Kier alpha value is -0.495. The van der Waals surface area contributed by atoms with Crippen LogP contribution in [0.15, 0.2) is 0 Å². The van der Waals surface area contributed by atoms with Crippen LogP contribution < -0.4 is 0 Å². The molecule has 1 heterocycles. The van der Waals surface area contributed by atoms with Gasteiger partial charge in [-0.15, -0.1) is 6.42 Å². The summed E-state index contributed by atoms with van der Waals surface area (Å²) in [4.78, 5) is 4.40. The Morgan fingerprint density at radius 2 is 2.54 bits per heavy atom. The molecule has 1 aliphatic rings. The lowest BCUT2D eigenvalue weighted by Crippen LogP contribution is -2.46. The summed E-state index contributed by atoms with van der Waals surface area (Å²) in [5.74, 6) is 2.67. The van der Waals surface area contributed by atoms with Crippen LogP contribution >= 0.6 is 0 Å². The molecule has 3 nitrogen and oxygen atoms in total. The summed E-state index contributed by atoms with van der Waals surface area (Å²) in [7, 11) is 4.12. The second kappa shape index (κ2) is 5.28. The number of morpholine rings is 1. The van der Waals surface area contributed by atoms with E-state index in [1.165, 1.54) is 0 Å². The van der Waals surface area contributed by atoms with Crippen LogP contribution in [0.25, 0.3) is 0 Å². The van der Waals surface area contributed by atoms with Gasteiger partial charge >= 0.3 is 0 Å². The number of nitrogens with zero attached hydrogens (tertiary/aromatic N) is 2. The maximum absolute atomic E-state index is 5.61. The van der Waals surface area contributed by atoms with Gasteiger partial charge in [-0.1, -0.05) is 5.92 Å². The first-order valence-electron chi connectivity index (χ1n) is 4.64. The smallest absolute Gasteiger partial charge is 0.185 e. The molecule has 1 fully saturated rings. The van der Waals surface area contributed by atoms with Crippen LogP contribution in [-0.2, 0) is 4.74 Å². The molecular weight excluding hydrogens is 163 g/mol. The van der Waals surface area contributed by atoms with E-state index in [1.807, 2.05) is 0 Å².